The summed E-state index contributed by atoms with van der Waals surface area (Å²) in [6, 6.07) is 7.10. The largest absolute Gasteiger partial charge is 0.349 e. The minimum Gasteiger partial charge on any atom is -0.349 e. The monoisotopic (exact) mass is 258 g/mol. The second-order valence-electron chi connectivity index (χ2n) is 5.16. The van der Waals surface area contributed by atoms with Gasteiger partial charge in [0, 0.05) is 44.3 Å². The lowest BCUT2D eigenvalue weighted by molar-refractivity contribution is 0.140. The molecule has 0 amide bonds. The fourth-order valence-corrected chi connectivity index (χ4v) is 3.16. The number of aryl methyl sites for hydroxylation is 1. The van der Waals surface area contributed by atoms with Crippen LogP contribution < -0.4 is 0 Å². The summed E-state index contributed by atoms with van der Waals surface area (Å²) in [6.07, 6.45) is 5.27. The van der Waals surface area contributed by atoms with E-state index in [0.29, 0.717) is 6.04 Å². The maximum Gasteiger partial charge on any atom is 0.0524 e. The molecule has 1 atom stereocenters. The Morgan fingerprint density at radius 2 is 2.16 bits per heavy atom. The highest BCUT2D eigenvalue weighted by molar-refractivity contribution is 5.15. The second-order valence-corrected chi connectivity index (χ2v) is 5.16. The Bertz CT molecular complexity index is 540. The van der Waals surface area contributed by atoms with Crippen molar-refractivity contribution < 1.29 is 0 Å². The normalized spacial score (nSPS) is 19.6. The molecule has 2 aromatic heterocycles. The summed E-state index contributed by atoms with van der Waals surface area (Å²) >= 11 is 0. The minimum absolute atomic E-state index is 0.531. The third-order valence-electron chi connectivity index (χ3n) is 4.13. The van der Waals surface area contributed by atoms with Gasteiger partial charge in [-0.3, -0.25) is 9.58 Å². The Kier molecular flexibility index (Phi) is 3.42. The number of nitrogens with zero attached hydrogens (tertiary/aromatic N) is 4. The quantitative estimate of drug-likeness (QED) is 0.842. The van der Waals surface area contributed by atoms with Gasteiger partial charge in [-0.2, -0.15) is 5.10 Å². The average molecular weight is 258 g/mol. The summed E-state index contributed by atoms with van der Waals surface area (Å²) in [6.45, 7) is 8.58. The van der Waals surface area contributed by atoms with Gasteiger partial charge in [0.1, 0.15) is 0 Å². The third kappa shape index (κ3) is 2.21. The molecule has 3 rings (SSSR count). The highest BCUT2D eigenvalue weighted by Gasteiger charge is 2.26. The number of aromatic nitrogens is 3. The Balaban J connectivity index is 1.82. The van der Waals surface area contributed by atoms with Crippen LogP contribution in [0.5, 0.6) is 0 Å². The Morgan fingerprint density at radius 1 is 1.26 bits per heavy atom. The first-order valence-electron chi connectivity index (χ1n) is 7.23. The van der Waals surface area contributed by atoms with Crippen LogP contribution in [0.15, 0.2) is 30.6 Å². The van der Waals surface area contributed by atoms with Gasteiger partial charge in [0.25, 0.3) is 0 Å². The predicted molar refractivity (Wildman–Crippen MR) is 75.8 cm³/mol. The fourth-order valence-electron chi connectivity index (χ4n) is 3.16. The van der Waals surface area contributed by atoms with Crippen molar-refractivity contribution in [3.8, 4) is 0 Å². The summed E-state index contributed by atoms with van der Waals surface area (Å²) in [7, 11) is 0. The summed E-state index contributed by atoms with van der Waals surface area (Å²) < 4.78 is 4.49. The molecule has 1 aliphatic rings. The van der Waals surface area contributed by atoms with E-state index in [-0.39, 0.29) is 0 Å². The lowest BCUT2D eigenvalue weighted by atomic mass is 10.1. The molecule has 3 heterocycles. The van der Waals surface area contributed by atoms with E-state index in [1.807, 2.05) is 6.20 Å². The van der Waals surface area contributed by atoms with E-state index in [9.17, 15) is 0 Å². The standard InChI is InChI=1S/C15H22N4/c1-3-14-15-6-5-9-17(15)10-11-18(14)12-13-7-8-16-19(13)4-2/h5-9,14H,3-4,10-12H2,1-2H3. The highest BCUT2D eigenvalue weighted by Crippen LogP contribution is 2.29. The molecule has 0 N–H and O–H groups in total. The number of fused-ring (bicyclic) bond motifs is 1. The van der Waals surface area contributed by atoms with E-state index >= 15 is 0 Å². The third-order valence-corrected chi connectivity index (χ3v) is 4.13. The van der Waals surface area contributed by atoms with Crippen molar-refractivity contribution in [1.29, 1.82) is 0 Å². The van der Waals surface area contributed by atoms with Gasteiger partial charge < -0.3 is 4.57 Å². The molecule has 0 spiro atoms. The molecule has 0 radical (unpaired) electrons. The smallest absolute Gasteiger partial charge is 0.0524 e. The van der Waals surface area contributed by atoms with Crippen LogP contribution in [0.3, 0.4) is 0 Å². The lowest BCUT2D eigenvalue weighted by Gasteiger charge is -2.36. The van der Waals surface area contributed by atoms with Crippen molar-refractivity contribution in [1.82, 2.24) is 19.2 Å². The van der Waals surface area contributed by atoms with Crippen LogP contribution in [0.25, 0.3) is 0 Å². The molecule has 0 bridgehead atoms. The highest BCUT2D eigenvalue weighted by atomic mass is 15.3. The molecule has 0 aromatic carbocycles. The molecule has 19 heavy (non-hydrogen) atoms. The van der Waals surface area contributed by atoms with Crippen LogP contribution in [-0.4, -0.2) is 25.8 Å². The molecular formula is C15H22N4. The summed E-state index contributed by atoms with van der Waals surface area (Å²) in [5.41, 5.74) is 2.78. The molecule has 0 aliphatic carbocycles. The van der Waals surface area contributed by atoms with Gasteiger partial charge in [0.2, 0.25) is 0 Å². The molecule has 4 nitrogen and oxygen atoms in total. The zero-order chi connectivity index (χ0) is 13.2. The van der Waals surface area contributed by atoms with E-state index in [1.165, 1.54) is 11.4 Å². The molecule has 1 aliphatic heterocycles. The molecule has 0 saturated carbocycles. The van der Waals surface area contributed by atoms with Gasteiger partial charge in [-0.15, -0.1) is 0 Å². The van der Waals surface area contributed by atoms with E-state index in [2.05, 4.69) is 57.5 Å². The van der Waals surface area contributed by atoms with Crippen LogP contribution in [0.1, 0.15) is 37.7 Å². The minimum atomic E-state index is 0.531. The molecule has 0 saturated heterocycles. The van der Waals surface area contributed by atoms with Gasteiger partial charge in [-0.25, -0.2) is 0 Å². The lowest BCUT2D eigenvalue weighted by Crippen LogP contribution is -2.37. The van der Waals surface area contributed by atoms with E-state index in [0.717, 1.165) is 32.6 Å². The van der Waals surface area contributed by atoms with Gasteiger partial charge in [0.05, 0.1) is 11.7 Å². The first-order valence-corrected chi connectivity index (χ1v) is 7.23. The molecule has 4 heteroatoms. The molecular weight excluding hydrogens is 236 g/mol. The SMILES string of the molecule is CCC1c2cccn2CCN1Cc1ccnn1CC. The first-order chi connectivity index (χ1) is 9.33. The fraction of sp³-hybridized carbons (Fsp3) is 0.533. The first kappa shape index (κ1) is 12.5. The zero-order valence-corrected chi connectivity index (χ0v) is 11.8. The number of hydrogen-bond acceptors (Lipinski definition) is 2. The van der Waals surface area contributed by atoms with Crippen molar-refractivity contribution in [3.05, 3.63) is 42.0 Å². The van der Waals surface area contributed by atoms with E-state index in [1.54, 1.807) is 0 Å². The average Bonchev–Trinajstić information content (AvgIpc) is 3.06. The van der Waals surface area contributed by atoms with Crippen LogP contribution in [0.4, 0.5) is 0 Å². The van der Waals surface area contributed by atoms with Crippen LogP contribution in [0, 0.1) is 0 Å². The second kappa shape index (κ2) is 5.21. The number of hydrogen-bond donors (Lipinski definition) is 0. The Hall–Kier alpha value is -1.55. The Morgan fingerprint density at radius 3 is 2.95 bits per heavy atom. The summed E-state index contributed by atoms with van der Waals surface area (Å²) in [4.78, 5) is 2.58. The summed E-state index contributed by atoms with van der Waals surface area (Å²) in [5, 5.41) is 4.37. The predicted octanol–water partition coefficient (Wildman–Crippen LogP) is 2.67. The van der Waals surface area contributed by atoms with Crippen molar-refractivity contribution in [3.63, 3.8) is 0 Å². The van der Waals surface area contributed by atoms with Gasteiger partial charge in [-0.05, 0) is 31.5 Å². The van der Waals surface area contributed by atoms with Crippen molar-refractivity contribution in [2.24, 2.45) is 0 Å². The van der Waals surface area contributed by atoms with Crippen LogP contribution >= 0.6 is 0 Å². The van der Waals surface area contributed by atoms with Crippen LogP contribution in [0.2, 0.25) is 0 Å². The maximum atomic E-state index is 4.37. The molecule has 102 valence electrons. The summed E-state index contributed by atoms with van der Waals surface area (Å²) in [5.74, 6) is 0. The molecule has 1 unspecified atom stereocenters. The van der Waals surface area contributed by atoms with Crippen molar-refractivity contribution >= 4 is 0 Å². The van der Waals surface area contributed by atoms with Gasteiger partial charge in [-0.1, -0.05) is 6.92 Å². The molecule has 2 aromatic rings. The van der Waals surface area contributed by atoms with Gasteiger partial charge in [0.15, 0.2) is 0 Å². The zero-order valence-electron chi connectivity index (χ0n) is 11.8. The maximum absolute atomic E-state index is 4.37. The molecule has 0 fully saturated rings. The topological polar surface area (TPSA) is 26.0 Å². The van der Waals surface area contributed by atoms with Crippen molar-refractivity contribution in [2.45, 2.75) is 45.9 Å². The van der Waals surface area contributed by atoms with E-state index in [4.69, 9.17) is 0 Å². The van der Waals surface area contributed by atoms with Crippen LogP contribution in [-0.2, 0) is 19.6 Å². The Labute approximate surface area is 114 Å². The van der Waals surface area contributed by atoms with Gasteiger partial charge >= 0.3 is 0 Å². The van der Waals surface area contributed by atoms with E-state index < -0.39 is 0 Å². The van der Waals surface area contributed by atoms with Crippen molar-refractivity contribution in [2.75, 3.05) is 6.54 Å². The number of rotatable bonds is 4.